The van der Waals surface area contributed by atoms with Crippen LogP contribution in [0.3, 0.4) is 0 Å². The summed E-state index contributed by atoms with van der Waals surface area (Å²) in [5.41, 5.74) is 3.87. The number of methoxy groups -OCH3 is 3. The molecule has 1 aromatic heterocycles. The summed E-state index contributed by atoms with van der Waals surface area (Å²) < 4.78 is 16.4. The van der Waals surface area contributed by atoms with E-state index < -0.39 is 17.1 Å². The van der Waals surface area contributed by atoms with Crippen molar-refractivity contribution >= 4 is 57.7 Å². The van der Waals surface area contributed by atoms with Gasteiger partial charge in [-0.3, -0.25) is 14.4 Å². The third-order valence-corrected chi connectivity index (χ3v) is 10.1. The molecule has 6 rings (SSSR count). The molecule has 0 spiro atoms. The normalized spacial score (nSPS) is 11.6. The molecule has 0 bridgehead atoms. The third kappa shape index (κ3) is 9.34. The zero-order valence-corrected chi connectivity index (χ0v) is 31.2. The molecule has 3 N–H and O–H groups in total. The van der Waals surface area contributed by atoms with E-state index in [1.165, 1.54) is 50.5 Å². The molecular weight excluding hydrogens is 721 g/mol. The van der Waals surface area contributed by atoms with Crippen molar-refractivity contribution in [2.24, 2.45) is 0 Å². The summed E-state index contributed by atoms with van der Waals surface area (Å²) in [6, 6.07) is 38.3. The van der Waals surface area contributed by atoms with Gasteiger partial charge in [-0.25, -0.2) is 4.98 Å². The fraction of sp³-hybridized carbons (Fsp3) is 0.0952. The van der Waals surface area contributed by atoms with Crippen molar-refractivity contribution < 1.29 is 28.6 Å². The SMILES string of the molecule is COc1cc(OC)c(OC)cc1/C=C(\NC(=O)c1ccccc1)C(=O)Nc1ccc(SC(C(=O)Nc2nc(-c3ccccc3)cs2)c2ccccc2)cc1. The Balaban J connectivity index is 1.21. The van der Waals surface area contributed by atoms with E-state index in [0.717, 1.165) is 21.7 Å². The van der Waals surface area contributed by atoms with Gasteiger partial charge in [0.15, 0.2) is 16.6 Å². The highest BCUT2D eigenvalue weighted by atomic mass is 32.2. The van der Waals surface area contributed by atoms with Crippen molar-refractivity contribution in [3.8, 4) is 28.5 Å². The van der Waals surface area contributed by atoms with Gasteiger partial charge in [0.25, 0.3) is 11.8 Å². The lowest BCUT2D eigenvalue weighted by molar-refractivity contribution is -0.116. The fourth-order valence-electron chi connectivity index (χ4n) is 5.36. The van der Waals surface area contributed by atoms with Crippen LogP contribution in [-0.2, 0) is 9.59 Å². The molecule has 0 fully saturated rings. The van der Waals surface area contributed by atoms with Crippen LogP contribution in [0.15, 0.2) is 143 Å². The standard InChI is InChI=1S/C42H36N4O6S2/c1-50-35-25-37(52-3)36(51-2)24-30(35)23-33(44-39(47)29-17-11-6-12-18-29)40(48)43-31-19-21-32(22-20-31)54-38(28-15-9-5-10-16-28)41(49)46-42-45-34(26-53-42)27-13-7-4-8-14-27/h4-26,38H,1-3H3,(H,43,48)(H,44,47)(H,45,46,49)/b33-23-. The summed E-state index contributed by atoms with van der Waals surface area (Å²) in [4.78, 5) is 46.2. The lowest BCUT2D eigenvalue weighted by Crippen LogP contribution is -2.30. The lowest BCUT2D eigenvalue weighted by atomic mass is 10.1. The van der Waals surface area contributed by atoms with E-state index in [4.69, 9.17) is 14.2 Å². The van der Waals surface area contributed by atoms with Crippen LogP contribution in [0.5, 0.6) is 17.2 Å². The Hall–Kier alpha value is -6.37. The molecule has 6 aromatic rings. The Labute approximate surface area is 321 Å². The van der Waals surface area contributed by atoms with E-state index in [1.54, 1.807) is 54.6 Å². The van der Waals surface area contributed by atoms with Gasteiger partial charge in [-0.05, 0) is 54.1 Å². The number of hydrogen-bond acceptors (Lipinski definition) is 9. The number of benzene rings is 5. The molecule has 0 saturated heterocycles. The van der Waals surface area contributed by atoms with E-state index in [0.29, 0.717) is 39.2 Å². The minimum absolute atomic E-state index is 0.0359. The largest absolute Gasteiger partial charge is 0.496 e. The minimum atomic E-state index is -0.588. The van der Waals surface area contributed by atoms with Crippen molar-refractivity contribution in [2.75, 3.05) is 32.0 Å². The predicted octanol–water partition coefficient (Wildman–Crippen LogP) is 8.72. The first-order chi connectivity index (χ1) is 26.3. The summed E-state index contributed by atoms with van der Waals surface area (Å²) in [7, 11) is 4.51. The number of rotatable bonds is 14. The minimum Gasteiger partial charge on any atom is -0.496 e. The van der Waals surface area contributed by atoms with Gasteiger partial charge < -0.3 is 30.2 Å². The number of aromatic nitrogens is 1. The van der Waals surface area contributed by atoms with Crippen molar-refractivity contribution in [3.05, 3.63) is 155 Å². The molecule has 0 radical (unpaired) electrons. The second-order valence-corrected chi connectivity index (χ2v) is 13.6. The number of hydrogen-bond donors (Lipinski definition) is 3. The number of amides is 3. The quantitative estimate of drug-likeness (QED) is 0.0744. The van der Waals surface area contributed by atoms with Gasteiger partial charge in [0.1, 0.15) is 16.7 Å². The van der Waals surface area contributed by atoms with Crippen LogP contribution in [0.4, 0.5) is 10.8 Å². The average molecular weight is 757 g/mol. The second kappa shape index (κ2) is 17.9. The van der Waals surface area contributed by atoms with Gasteiger partial charge in [0.2, 0.25) is 5.91 Å². The molecule has 0 aliphatic heterocycles. The van der Waals surface area contributed by atoms with Gasteiger partial charge in [-0.15, -0.1) is 23.1 Å². The summed E-state index contributed by atoms with van der Waals surface area (Å²) in [6.45, 7) is 0. The van der Waals surface area contributed by atoms with Crippen LogP contribution in [0.2, 0.25) is 0 Å². The Bertz CT molecular complexity index is 2250. The first-order valence-electron chi connectivity index (χ1n) is 16.7. The van der Waals surface area contributed by atoms with Crippen molar-refractivity contribution in [3.63, 3.8) is 0 Å². The monoisotopic (exact) mass is 756 g/mol. The number of nitrogens with one attached hydrogen (secondary N) is 3. The fourth-order valence-corrected chi connectivity index (χ4v) is 7.11. The van der Waals surface area contributed by atoms with E-state index in [2.05, 4.69) is 20.9 Å². The molecule has 0 saturated carbocycles. The molecule has 54 heavy (non-hydrogen) atoms. The highest BCUT2D eigenvalue weighted by Crippen LogP contribution is 2.38. The summed E-state index contributed by atoms with van der Waals surface area (Å²) in [5.74, 6) is -0.00305. The Morgan fingerprint density at radius 2 is 1.33 bits per heavy atom. The van der Waals surface area contributed by atoms with Crippen molar-refractivity contribution in [1.82, 2.24) is 10.3 Å². The number of carbonyl (C=O) groups is 3. The Morgan fingerprint density at radius 1 is 0.722 bits per heavy atom. The summed E-state index contributed by atoms with van der Waals surface area (Å²) in [6.07, 6.45) is 1.51. The number of thioether (sulfide) groups is 1. The first-order valence-corrected chi connectivity index (χ1v) is 18.4. The topological polar surface area (TPSA) is 128 Å². The lowest BCUT2D eigenvalue weighted by Gasteiger charge is -2.17. The van der Waals surface area contributed by atoms with Crippen molar-refractivity contribution in [1.29, 1.82) is 0 Å². The van der Waals surface area contributed by atoms with E-state index in [1.807, 2.05) is 78.2 Å². The maximum atomic E-state index is 13.8. The van der Waals surface area contributed by atoms with E-state index in [-0.39, 0.29) is 11.6 Å². The van der Waals surface area contributed by atoms with Crippen molar-refractivity contribution in [2.45, 2.75) is 10.1 Å². The summed E-state index contributed by atoms with van der Waals surface area (Å²) >= 11 is 2.74. The molecule has 272 valence electrons. The number of ether oxygens (including phenoxy) is 3. The van der Waals surface area contributed by atoms with Crippen LogP contribution >= 0.6 is 23.1 Å². The molecule has 0 aliphatic rings. The van der Waals surface area contributed by atoms with Crippen LogP contribution in [0.25, 0.3) is 17.3 Å². The van der Waals surface area contributed by atoms with E-state index >= 15 is 0 Å². The van der Waals surface area contributed by atoms with Crippen LogP contribution < -0.4 is 30.2 Å². The van der Waals surface area contributed by atoms with E-state index in [9.17, 15) is 14.4 Å². The van der Waals surface area contributed by atoms with Gasteiger partial charge in [0.05, 0.1) is 27.0 Å². The molecule has 10 nitrogen and oxygen atoms in total. The zero-order chi connectivity index (χ0) is 37.9. The molecule has 3 amide bonds. The van der Waals surface area contributed by atoms with Crippen LogP contribution in [0, 0.1) is 0 Å². The van der Waals surface area contributed by atoms with Gasteiger partial charge in [-0.1, -0.05) is 78.9 Å². The Morgan fingerprint density at radius 3 is 1.98 bits per heavy atom. The molecule has 1 atom stereocenters. The number of thiazole rings is 1. The molecule has 1 heterocycles. The highest BCUT2D eigenvalue weighted by molar-refractivity contribution is 8.00. The molecule has 12 heteroatoms. The molecular formula is C42H36N4O6S2. The maximum Gasteiger partial charge on any atom is 0.272 e. The van der Waals surface area contributed by atoms with Gasteiger partial charge >= 0.3 is 0 Å². The van der Waals surface area contributed by atoms with Crippen LogP contribution in [0.1, 0.15) is 26.7 Å². The predicted molar refractivity (Wildman–Crippen MR) is 214 cm³/mol. The number of carbonyl (C=O) groups excluding carboxylic acids is 3. The van der Waals surface area contributed by atoms with Gasteiger partial charge in [-0.2, -0.15) is 0 Å². The first kappa shape index (κ1) is 37.4. The number of nitrogens with zero attached hydrogens (tertiary/aromatic N) is 1. The van der Waals surface area contributed by atoms with Gasteiger partial charge in [0, 0.05) is 38.7 Å². The second-order valence-electron chi connectivity index (χ2n) is 11.6. The third-order valence-electron chi connectivity index (χ3n) is 8.07. The smallest absolute Gasteiger partial charge is 0.272 e. The number of anilines is 2. The maximum absolute atomic E-state index is 13.8. The summed E-state index contributed by atoms with van der Waals surface area (Å²) in [5, 5.41) is 10.5. The highest BCUT2D eigenvalue weighted by Gasteiger charge is 2.24. The Kier molecular flexibility index (Phi) is 12.4. The molecule has 5 aromatic carbocycles. The zero-order valence-electron chi connectivity index (χ0n) is 29.6. The average Bonchev–Trinajstić information content (AvgIpc) is 3.69. The van der Waals surface area contributed by atoms with Crippen LogP contribution in [-0.4, -0.2) is 44.0 Å². The molecule has 1 unspecified atom stereocenters. The molecule has 0 aliphatic carbocycles.